The number of carbonyl (C=O) groups excluding carboxylic acids is 1. The molecule has 4 aliphatic rings. The lowest BCUT2D eigenvalue weighted by atomic mass is 9.48. The van der Waals surface area contributed by atoms with E-state index in [0.29, 0.717) is 0 Å². The first-order valence-corrected chi connectivity index (χ1v) is 11.0. The molecule has 4 bridgehead atoms. The Bertz CT molecular complexity index is 915. The van der Waals surface area contributed by atoms with Gasteiger partial charge in [0.1, 0.15) is 11.6 Å². The summed E-state index contributed by atoms with van der Waals surface area (Å²) in [5, 5.41) is 14.6. The minimum atomic E-state index is -4.60. The number of benzene rings is 1. The van der Waals surface area contributed by atoms with E-state index in [1.807, 2.05) is 13.0 Å². The van der Waals surface area contributed by atoms with Crippen molar-refractivity contribution in [3.8, 4) is 6.07 Å². The van der Waals surface area contributed by atoms with E-state index in [1.165, 1.54) is 25.3 Å². The molecule has 0 saturated heterocycles. The highest BCUT2D eigenvalue weighted by Crippen LogP contribution is 2.61. The SMILES string of the molecule is CC(NC(=O)/C(C#N)=C\Nc1ccc(Cl)c(C(F)(F)F)c1)C12CC3CC(CC(C3)C1)C2. The van der Waals surface area contributed by atoms with Gasteiger partial charge in [-0.3, -0.25) is 4.79 Å². The van der Waals surface area contributed by atoms with Gasteiger partial charge in [-0.1, -0.05) is 11.6 Å². The molecule has 0 aliphatic heterocycles. The number of carbonyl (C=O) groups is 1. The molecular formula is C23H25ClF3N3O. The molecule has 4 aliphatic carbocycles. The molecule has 1 aromatic carbocycles. The van der Waals surface area contributed by atoms with Gasteiger partial charge in [0, 0.05) is 17.9 Å². The minimum absolute atomic E-state index is 0.0579. The van der Waals surface area contributed by atoms with Crippen molar-refractivity contribution in [1.29, 1.82) is 5.26 Å². The Balaban J connectivity index is 1.44. The maximum atomic E-state index is 13.0. The van der Waals surface area contributed by atoms with Gasteiger partial charge in [-0.05, 0) is 86.8 Å². The first-order valence-electron chi connectivity index (χ1n) is 10.6. The smallest absolute Gasteiger partial charge is 0.360 e. The van der Waals surface area contributed by atoms with Crippen molar-refractivity contribution >= 4 is 23.2 Å². The van der Waals surface area contributed by atoms with Crippen LogP contribution in [0.1, 0.15) is 51.0 Å². The first kappa shape index (κ1) is 22.0. The van der Waals surface area contributed by atoms with Crippen LogP contribution >= 0.6 is 11.6 Å². The number of halogens is 4. The lowest BCUT2D eigenvalue weighted by Crippen LogP contribution is -2.56. The largest absolute Gasteiger partial charge is 0.417 e. The van der Waals surface area contributed by atoms with Gasteiger partial charge in [-0.15, -0.1) is 0 Å². The van der Waals surface area contributed by atoms with E-state index in [2.05, 4.69) is 10.6 Å². The quantitative estimate of drug-likeness (QED) is 0.432. The van der Waals surface area contributed by atoms with Gasteiger partial charge in [0.2, 0.25) is 0 Å². The molecule has 1 amide bonds. The van der Waals surface area contributed by atoms with Crippen LogP contribution in [0.4, 0.5) is 18.9 Å². The van der Waals surface area contributed by atoms with Crippen LogP contribution in [0.15, 0.2) is 30.0 Å². The summed E-state index contributed by atoms with van der Waals surface area (Å²) in [7, 11) is 0. The Morgan fingerprint density at radius 1 is 1.23 bits per heavy atom. The van der Waals surface area contributed by atoms with Gasteiger partial charge in [-0.25, -0.2) is 0 Å². The van der Waals surface area contributed by atoms with E-state index >= 15 is 0 Å². The van der Waals surface area contributed by atoms with Gasteiger partial charge in [0.05, 0.1) is 10.6 Å². The van der Waals surface area contributed by atoms with E-state index in [-0.39, 0.29) is 22.7 Å². The van der Waals surface area contributed by atoms with Crippen LogP contribution in [0.5, 0.6) is 0 Å². The van der Waals surface area contributed by atoms with Crippen LogP contribution in [0.25, 0.3) is 0 Å². The third-order valence-electron chi connectivity index (χ3n) is 7.37. The van der Waals surface area contributed by atoms with Crippen LogP contribution in [0.2, 0.25) is 5.02 Å². The Kier molecular flexibility index (Phi) is 5.72. The van der Waals surface area contributed by atoms with Gasteiger partial charge < -0.3 is 10.6 Å². The van der Waals surface area contributed by atoms with Gasteiger partial charge in [0.25, 0.3) is 5.91 Å². The van der Waals surface area contributed by atoms with Crippen molar-refractivity contribution in [1.82, 2.24) is 5.32 Å². The summed E-state index contributed by atoms with van der Waals surface area (Å²) in [5.74, 6) is 1.71. The molecule has 0 heterocycles. The molecule has 4 saturated carbocycles. The number of nitrogens with one attached hydrogen (secondary N) is 2. The molecule has 8 heteroatoms. The molecule has 4 fully saturated rings. The summed E-state index contributed by atoms with van der Waals surface area (Å²) in [6, 6.07) is 5.13. The summed E-state index contributed by atoms with van der Waals surface area (Å²) in [6.45, 7) is 2.02. The Labute approximate surface area is 184 Å². The zero-order valence-electron chi connectivity index (χ0n) is 17.2. The number of alkyl halides is 3. The van der Waals surface area contributed by atoms with Crippen molar-refractivity contribution in [2.24, 2.45) is 23.2 Å². The average molecular weight is 452 g/mol. The molecule has 0 radical (unpaired) electrons. The minimum Gasteiger partial charge on any atom is -0.360 e. The maximum Gasteiger partial charge on any atom is 0.417 e. The normalized spacial score (nSPS) is 30.6. The van der Waals surface area contributed by atoms with Crippen LogP contribution < -0.4 is 10.6 Å². The second kappa shape index (κ2) is 8.05. The predicted molar refractivity (Wildman–Crippen MR) is 112 cm³/mol. The Morgan fingerprint density at radius 3 is 2.32 bits per heavy atom. The number of rotatable bonds is 5. The van der Waals surface area contributed by atoms with E-state index in [4.69, 9.17) is 11.6 Å². The second-order valence-corrected chi connectivity index (χ2v) is 9.89. The highest BCUT2D eigenvalue weighted by Gasteiger charge is 2.53. The summed E-state index contributed by atoms with van der Waals surface area (Å²) >= 11 is 5.63. The highest BCUT2D eigenvalue weighted by molar-refractivity contribution is 6.31. The monoisotopic (exact) mass is 451 g/mol. The number of hydrogen-bond acceptors (Lipinski definition) is 3. The summed E-state index contributed by atoms with van der Waals surface area (Å²) in [4.78, 5) is 12.7. The van der Waals surface area contributed by atoms with E-state index < -0.39 is 22.7 Å². The molecule has 5 rings (SSSR count). The number of amides is 1. The molecule has 1 atom stereocenters. The summed E-state index contributed by atoms with van der Waals surface area (Å²) < 4.78 is 39.1. The fourth-order valence-corrected chi connectivity index (χ4v) is 6.50. The number of nitrogens with zero attached hydrogens (tertiary/aromatic N) is 1. The van der Waals surface area contributed by atoms with Gasteiger partial charge in [0.15, 0.2) is 0 Å². The zero-order valence-corrected chi connectivity index (χ0v) is 18.0. The van der Waals surface area contributed by atoms with Gasteiger partial charge in [-0.2, -0.15) is 18.4 Å². The lowest BCUT2D eigenvalue weighted by Gasteiger charge is -2.59. The van der Waals surface area contributed by atoms with Crippen molar-refractivity contribution in [2.45, 2.75) is 57.7 Å². The van der Waals surface area contributed by atoms with Crippen LogP contribution in [0, 0.1) is 34.5 Å². The molecule has 0 spiro atoms. The van der Waals surface area contributed by atoms with Crippen LogP contribution in [-0.2, 0) is 11.0 Å². The number of nitriles is 1. The molecule has 166 valence electrons. The number of hydrogen-bond donors (Lipinski definition) is 2. The fraction of sp³-hybridized carbons (Fsp3) is 0.565. The van der Waals surface area contributed by atoms with Crippen molar-refractivity contribution in [3.05, 3.63) is 40.6 Å². The summed E-state index contributed by atoms with van der Waals surface area (Å²) in [6.07, 6.45) is 3.81. The molecule has 0 aromatic heterocycles. The lowest BCUT2D eigenvalue weighted by molar-refractivity contribution is -0.137. The zero-order chi connectivity index (χ0) is 22.4. The average Bonchev–Trinajstić information content (AvgIpc) is 2.67. The third-order valence-corrected chi connectivity index (χ3v) is 7.70. The van der Waals surface area contributed by atoms with Crippen molar-refractivity contribution in [3.63, 3.8) is 0 Å². The van der Waals surface area contributed by atoms with E-state index in [1.54, 1.807) is 0 Å². The molecule has 2 N–H and O–H groups in total. The molecule has 4 nitrogen and oxygen atoms in total. The van der Waals surface area contributed by atoms with Crippen molar-refractivity contribution in [2.75, 3.05) is 5.32 Å². The van der Waals surface area contributed by atoms with E-state index in [9.17, 15) is 23.2 Å². The van der Waals surface area contributed by atoms with Gasteiger partial charge >= 0.3 is 6.18 Å². The fourth-order valence-electron chi connectivity index (χ4n) is 6.27. The Morgan fingerprint density at radius 2 is 1.81 bits per heavy atom. The molecule has 1 aromatic rings. The number of anilines is 1. The summed E-state index contributed by atoms with van der Waals surface area (Å²) in [5.41, 5.74) is -0.978. The first-order chi connectivity index (χ1) is 14.6. The van der Waals surface area contributed by atoms with E-state index in [0.717, 1.165) is 55.3 Å². The van der Waals surface area contributed by atoms with Crippen molar-refractivity contribution < 1.29 is 18.0 Å². The molecular weight excluding hydrogens is 427 g/mol. The van der Waals surface area contributed by atoms with Crippen LogP contribution in [-0.4, -0.2) is 11.9 Å². The maximum absolute atomic E-state index is 13.0. The standard InChI is InChI=1S/C23H25ClF3N3O/c1-13(22-8-14-4-15(9-22)6-16(5-14)10-22)30-21(31)17(11-28)12-29-18-2-3-20(24)19(7-18)23(25,26)27/h2-3,7,12-16,29H,4-6,8-10H2,1H3,(H,30,31)/b17-12-. The molecule has 1 unspecified atom stereocenters. The third kappa shape index (κ3) is 4.41. The topological polar surface area (TPSA) is 64.9 Å². The Hall–Kier alpha value is -2.20. The molecule has 31 heavy (non-hydrogen) atoms. The van der Waals surface area contributed by atoms with Crippen LogP contribution in [0.3, 0.4) is 0 Å². The predicted octanol–water partition coefficient (Wildman–Crippen LogP) is 5.90. The highest BCUT2D eigenvalue weighted by atomic mass is 35.5. The second-order valence-electron chi connectivity index (χ2n) is 9.48.